The number of ether oxygens (including phenoxy) is 2. The second-order valence-electron chi connectivity index (χ2n) is 6.13. The highest BCUT2D eigenvalue weighted by atomic mass is 79.9. The van der Waals surface area contributed by atoms with Crippen LogP contribution < -0.4 is 20.1 Å². The van der Waals surface area contributed by atoms with Crippen LogP contribution in [0.5, 0.6) is 11.5 Å². The summed E-state index contributed by atoms with van der Waals surface area (Å²) in [5.74, 6) is 0.527. The highest BCUT2D eigenvalue weighted by Gasteiger charge is 2.23. The molecule has 2 aromatic rings. The van der Waals surface area contributed by atoms with E-state index in [9.17, 15) is 9.18 Å². The van der Waals surface area contributed by atoms with Crippen molar-refractivity contribution in [2.24, 2.45) is 0 Å². The molecule has 7 heteroatoms. The molecule has 138 valence electrons. The van der Waals surface area contributed by atoms with Crippen molar-refractivity contribution in [3.05, 3.63) is 58.3 Å². The van der Waals surface area contributed by atoms with Gasteiger partial charge in [-0.05, 0) is 37.3 Å². The van der Waals surface area contributed by atoms with Gasteiger partial charge in [-0.1, -0.05) is 28.1 Å². The predicted octanol–water partition coefficient (Wildman–Crippen LogP) is 4.18. The number of amides is 2. The monoisotopic (exact) mass is 422 g/mol. The summed E-state index contributed by atoms with van der Waals surface area (Å²) in [5, 5.41) is 5.77. The first-order valence-corrected chi connectivity index (χ1v) is 9.19. The molecule has 1 aliphatic rings. The molecule has 0 fully saturated rings. The van der Waals surface area contributed by atoms with Crippen LogP contribution in [0.15, 0.2) is 46.9 Å². The third kappa shape index (κ3) is 4.66. The Balaban J connectivity index is 1.53. The molecule has 0 spiro atoms. The minimum atomic E-state index is -0.423. The number of urea groups is 1. The summed E-state index contributed by atoms with van der Waals surface area (Å²) in [5.41, 5.74) is 0.941. The molecule has 0 saturated heterocycles. The van der Waals surface area contributed by atoms with Crippen LogP contribution >= 0.6 is 15.9 Å². The maximum atomic E-state index is 13.5. The van der Waals surface area contributed by atoms with Crippen molar-refractivity contribution >= 4 is 22.0 Å². The van der Waals surface area contributed by atoms with Crippen molar-refractivity contribution in [1.82, 2.24) is 10.6 Å². The number of halogens is 2. The third-order valence-corrected chi connectivity index (χ3v) is 4.51. The highest BCUT2D eigenvalue weighted by Crippen LogP contribution is 2.34. The van der Waals surface area contributed by atoms with Gasteiger partial charge in [-0.25, -0.2) is 9.18 Å². The van der Waals surface area contributed by atoms with E-state index < -0.39 is 5.82 Å². The van der Waals surface area contributed by atoms with E-state index in [2.05, 4.69) is 26.6 Å². The van der Waals surface area contributed by atoms with Gasteiger partial charge in [0, 0.05) is 16.5 Å². The largest absolute Gasteiger partial charge is 0.493 e. The molecule has 3 rings (SSSR count). The first kappa shape index (κ1) is 18.5. The molecule has 1 heterocycles. The summed E-state index contributed by atoms with van der Waals surface area (Å²) in [6.07, 6.45) is 0.691. The number of carbonyl (C=O) groups excluding carboxylic acids is 1. The minimum Gasteiger partial charge on any atom is -0.493 e. The average molecular weight is 423 g/mol. The van der Waals surface area contributed by atoms with E-state index in [4.69, 9.17) is 9.47 Å². The van der Waals surface area contributed by atoms with E-state index >= 15 is 0 Å². The number of para-hydroxylation sites is 1. The Labute approximate surface area is 160 Å². The van der Waals surface area contributed by atoms with E-state index in [0.717, 1.165) is 15.8 Å². The molecule has 26 heavy (non-hydrogen) atoms. The Bertz CT molecular complexity index is 787. The van der Waals surface area contributed by atoms with E-state index in [1.54, 1.807) is 25.1 Å². The molecule has 2 atom stereocenters. The summed E-state index contributed by atoms with van der Waals surface area (Å²) < 4.78 is 25.5. The number of benzene rings is 2. The lowest BCUT2D eigenvalue weighted by atomic mass is 10.0. The molecule has 0 aliphatic carbocycles. The molecule has 1 aliphatic heterocycles. The minimum absolute atomic E-state index is 0.129. The van der Waals surface area contributed by atoms with Gasteiger partial charge in [-0.15, -0.1) is 0 Å². The molecule has 2 unspecified atom stereocenters. The summed E-state index contributed by atoms with van der Waals surface area (Å²) in [6, 6.07) is 11.2. The van der Waals surface area contributed by atoms with Crippen LogP contribution in [0.4, 0.5) is 9.18 Å². The van der Waals surface area contributed by atoms with Gasteiger partial charge in [0.05, 0.1) is 18.7 Å². The maximum absolute atomic E-state index is 13.5. The summed E-state index contributed by atoms with van der Waals surface area (Å²) in [4.78, 5) is 12.3. The van der Waals surface area contributed by atoms with Crippen molar-refractivity contribution < 1.29 is 18.7 Å². The van der Waals surface area contributed by atoms with E-state index in [0.29, 0.717) is 13.0 Å². The Morgan fingerprint density at radius 1 is 1.38 bits per heavy atom. The van der Waals surface area contributed by atoms with Crippen LogP contribution in [-0.4, -0.2) is 25.3 Å². The quantitative estimate of drug-likeness (QED) is 0.759. The summed E-state index contributed by atoms with van der Waals surface area (Å²) >= 11 is 3.44. The van der Waals surface area contributed by atoms with E-state index in [1.165, 1.54) is 6.07 Å². The zero-order valence-electron chi connectivity index (χ0n) is 14.3. The molecular formula is C19H20BrFN2O3. The lowest BCUT2D eigenvalue weighted by Crippen LogP contribution is -2.45. The number of hydrogen-bond acceptors (Lipinski definition) is 3. The predicted molar refractivity (Wildman–Crippen MR) is 100 cm³/mol. The van der Waals surface area contributed by atoms with Crippen molar-refractivity contribution in [2.75, 3.05) is 13.2 Å². The molecule has 2 aromatic carbocycles. The second kappa shape index (κ2) is 8.40. The highest BCUT2D eigenvalue weighted by molar-refractivity contribution is 9.10. The van der Waals surface area contributed by atoms with Crippen LogP contribution in [0.3, 0.4) is 0 Å². The molecule has 0 radical (unpaired) electrons. The number of nitrogens with one attached hydrogen (secondary N) is 2. The third-order valence-electron chi connectivity index (χ3n) is 4.02. The Kier molecular flexibility index (Phi) is 5.98. The van der Waals surface area contributed by atoms with Gasteiger partial charge >= 0.3 is 6.03 Å². The first-order chi connectivity index (χ1) is 12.5. The van der Waals surface area contributed by atoms with Gasteiger partial charge in [0.25, 0.3) is 0 Å². The van der Waals surface area contributed by atoms with Gasteiger partial charge in [-0.3, -0.25) is 0 Å². The Morgan fingerprint density at radius 3 is 3.00 bits per heavy atom. The summed E-state index contributed by atoms with van der Waals surface area (Å²) in [6.45, 7) is 2.52. The Morgan fingerprint density at radius 2 is 2.19 bits per heavy atom. The number of hydrogen-bond donors (Lipinski definition) is 2. The normalized spacial score (nSPS) is 16.8. The molecule has 0 bridgehead atoms. The van der Waals surface area contributed by atoms with Crippen molar-refractivity contribution in [3.8, 4) is 11.5 Å². The van der Waals surface area contributed by atoms with Crippen molar-refractivity contribution in [3.63, 3.8) is 0 Å². The molecule has 0 aromatic heterocycles. The molecule has 2 N–H and O–H groups in total. The Hall–Kier alpha value is -2.28. The smallest absolute Gasteiger partial charge is 0.315 e. The summed E-state index contributed by atoms with van der Waals surface area (Å²) in [7, 11) is 0. The average Bonchev–Trinajstić information content (AvgIpc) is 2.61. The SMILES string of the molecule is CC(COc1ccccc1F)NC(=O)NC1CCOc2ccc(Br)cc21. The van der Waals surface area contributed by atoms with Crippen molar-refractivity contribution in [1.29, 1.82) is 0 Å². The maximum Gasteiger partial charge on any atom is 0.315 e. The van der Waals surface area contributed by atoms with Gasteiger partial charge in [0.15, 0.2) is 11.6 Å². The molecular weight excluding hydrogens is 403 g/mol. The standard InChI is InChI=1S/C19H20BrFN2O3/c1-12(11-26-18-5-3-2-4-15(18)21)22-19(24)23-16-8-9-25-17-7-6-13(20)10-14(16)17/h2-7,10,12,16H,8-9,11H2,1H3,(H2,22,23,24). The fourth-order valence-corrected chi connectivity index (χ4v) is 3.14. The lowest BCUT2D eigenvalue weighted by molar-refractivity contribution is 0.212. The van der Waals surface area contributed by atoms with Crippen LogP contribution in [0, 0.1) is 5.82 Å². The number of fused-ring (bicyclic) bond motifs is 1. The van der Waals surface area contributed by atoms with Crippen LogP contribution in [0.1, 0.15) is 24.9 Å². The van der Waals surface area contributed by atoms with Gasteiger partial charge in [0.1, 0.15) is 12.4 Å². The lowest BCUT2D eigenvalue weighted by Gasteiger charge is -2.27. The fourth-order valence-electron chi connectivity index (χ4n) is 2.76. The van der Waals surface area contributed by atoms with Crippen LogP contribution in [0.2, 0.25) is 0 Å². The van der Waals surface area contributed by atoms with Gasteiger partial charge < -0.3 is 20.1 Å². The first-order valence-electron chi connectivity index (χ1n) is 8.39. The van der Waals surface area contributed by atoms with Crippen LogP contribution in [0.25, 0.3) is 0 Å². The van der Waals surface area contributed by atoms with Crippen molar-refractivity contribution in [2.45, 2.75) is 25.4 Å². The second-order valence-corrected chi connectivity index (χ2v) is 7.05. The van der Waals surface area contributed by atoms with E-state index in [1.807, 2.05) is 18.2 Å². The number of rotatable bonds is 5. The topological polar surface area (TPSA) is 59.6 Å². The van der Waals surface area contributed by atoms with Gasteiger partial charge in [0.2, 0.25) is 0 Å². The van der Waals surface area contributed by atoms with E-state index in [-0.39, 0.29) is 30.5 Å². The van der Waals surface area contributed by atoms with Crippen LogP contribution in [-0.2, 0) is 0 Å². The zero-order chi connectivity index (χ0) is 18.5. The molecule has 5 nitrogen and oxygen atoms in total. The zero-order valence-corrected chi connectivity index (χ0v) is 15.9. The van der Waals surface area contributed by atoms with Gasteiger partial charge in [-0.2, -0.15) is 0 Å². The molecule has 0 saturated carbocycles. The molecule has 2 amide bonds. The fraction of sp³-hybridized carbons (Fsp3) is 0.316. The number of carbonyl (C=O) groups is 1.